The predicted molar refractivity (Wildman–Crippen MR) is 111 cm³/mol. The van der Waals surface area contributed by atoms with Crippen molar-refractivity contribution in [1.82, 2.24) is 19.8 Å². The van der Waals surface area contributed by atoms with Crippen LogP contribution in [0.4, 0.5) is 0 Å². The fourth-order valence-electron chi connectivity index (χ4n) is 4.68. The molecule has 1 unspecified atom stereocenters. The van der Waals surface area contributed by atoms with Crippen LogP contribution in [-0.4, -0.2) is 51.2 Å². The second kappa shape index (κ2) is 8.80. The van der Waals surface area contributed by atoms with E-state index < -0.39 is 0 Å². The first-order valence-corrected chi connectivity index (χ1v) is 10.7. The van der Waals surface area contributed by atoms with E-state index in [-0.39, 0.29) is 30.6 Å². The summed E-state index contributed by atoms with van der Waals surface area (Å²) in [6.45, 7) is 1.14. The standard InChI is InChI=1S/C23H30N4O2/c1-26(18-10-6-3-7-11-18)21(28)12-13-22(29)27-14-19(17-8-4-2-5-9-17)23-20(15-27)24-16-25-23/h2,4-5,8-9,16,18-19H,3,6-7,10-15H2,1H3,(H,24,25). The normalized spacial score (nSPS) is 19.6. The molecule has 154 valence electrons. The molecule has 1 aromatic carbocycles. The predicted octanol–water partition coefficient (Wildman–Crippen LogP) is 3.46. The quantitative estimate of drug-likeness (QED) is 0.844. The Labute approximate surface area is 172 Å². The van der Waals surface area contributed by atoms with Crippen molar-refractivity contribution in [3.63, 3.8) is 0 Å². The molecular formula is C23H30N4O2. The van der Waals surface area contributed by atoms with Crippen molar-refractivity contribution in [1.29, 1.82) is 0 Å². The number of rotatable bonds is 5. The highest BCUT2D eigenvalue weighted by Gasteiger charge is 2.31. The minimum Gasteiger partial charge on any atom is -0.347 e. The Morgan fingerprint density at radius 1 is 1.14 bits per heavy atom. The Morgan fingerprint density at radius 2 is 1.90 bits per heavy atom. The Kier molecular flexibility index (Phi) is 5.97. The molecule has 2 aliphatic rings. The summed E-state index contributed by atoms with van der Waals surface area (Å²) < 4.78 is 0. The molecule has 0 radical (unpaired) electrons. The number of amides is 2. The maximum atomic E-state index is 12.9. The van der Waals surface area contributed by atoms with E-state index in [2.05, 4.69) is 22.1 Å². The minimum atomic E-state index is 0.0385. The zero-order chi connectivity index (χ0) is 20.2. The molecule has 1 atom stereocenters. The van der Waals surface area contributed by atoms with E-state index in [1.54, 1.807) is 6.33 Å². The van der Waals surface area contributed by atoms with Crippen molar-refractivity contribution in [2.45, 2.75) is 63.5 Å². The van der Waals surface area contributed by atoms with Gasteiger partial charge in [0.1, 0.15) is 0 Å². The number of hydrogen-bond donors (Lipinski definition) is 1. The summed E-state index contributed by atoms with van der Waals surface area (Å²) in [7, 11) is 1.89. The summed E-state index contributed by atoms with van der Waals surface area (Å²) in [5, 5.41) is 0. The molecule has 6 heteroatoms. The van der Waals surface area contributed by atoms with Gasteiger partial charge in [0.2, 0.25) is 11.8 Å². The molecule has 2 aromatic rings. The van der Waals surface area contributed by atoms with Crippen LogP contribution in [0.1, 0.15) is 67.8 Å². The summed E-state index contributed by atoms with van der Waals surface area (Å²) in [4.78, 5) is 37.0. The van der Waals surface area contributed by atoms with E-state index in [0.29, 0.717) is 19.1 Å². The molecule has 1 aliphatic heterocycles. The van der Waals surface area contributed by atoms with Gasteiger partial charge in [0, 0.05) is 38.4 Å². The van der Waals surface area contributed by atoms with Crippen LogP contribution in [-0.2, 0) is 16.1 Å². The lowest BCUT2D eigenvalue weighted by atomic mass is 9.90. The first kappa shape index (κ1) is 19.7. The highest BCUT2D eigenvalue weighted by molar-refractivity contribution is 5.84. The first-order chi connectivity index (χ1) is 14.1. The molecule has 1 N–H and O–H groups in total. The third-order valence-electron chi connectivity index (χ3n) is 6.46. The molecule has 6 nitrogen and oxygen atoms in total. The number of hydrogen-bond acceptors (Lipinski definition) is 3. The summed E-state index contributed by atoms with van der Waals surface area (Å²) in [6, 6.07) is 10.5. The van der Waals surface area contributed by atoms with Crippen molar-refractivity contribution < 1.29 is 9.59 Å². The lowest BCUT2D eigenvalue weighted by Crippen LogP contribution is -2.41. The highest BCUT2D eigenvalue weighted by atomic mass is 16.2. The molecule has 2 amide bonds. The number of aromatic amines is 1. The number of aromatic nitrogens is 2. The van der Waals surface area contributed by atoms with Crippen LogP contribution >= 0.6 is 0 Å². The number of fused-ring (bicyclic) bond motifs is 1. The molecule has 4 rings (SSSR count). The van der Waals surface area contributed by atoms with Crippen LogP contribution in [0.3, 0.4) is 0 Å². The second-order valence-electron chi connectivity index (χ2n) is 8.30. The fraction of sp³-hybridized carbons (Fsp3) is 0.522. The van der Waals surface area contributed by atoms with Crippen LogP contribution in [0.15, 0.2) is 36.7 Å². The van der Waals surface area contributed by atoms with Crippen molar-refractivity contribution in [2.75, 3.05) is 13.6 Å². The number of nitrogens with one attached hydrogen (secondary N) is 1. The number of carbonyl (C=O) groups is 2. The van der Waals surface area contributed by atoms with E-state index in [9.17, 15) is 9.59 Å². The van der Waals surface area contributed by atoms with Gasteiger partial charge in [-0.1, -0.05) is 49.6 Å². The van der Waals surface area contributed by atoms with E-state index in [1.165, 1.54) is 19.3 Å². The first-order valence-electron chi connectivity index (χ1n) is 10.7. The molecule has 1 saturated carbocycles. The third-order valence-corrected chi connectivity index (χ3v) is 6.46. The van der Waals surface area contributed by atoms with E-state index >= 15 is 0 Å². The molecule has 1 aromatic heterocycles. The van der Waals surface area contributed by atoms with Crippen LogP contribution < -0.4 is 0 Å². The van der Waals surface area contributed by atoms with Crippen molar-refractivity contribution in [3.8, 4) is 0 Å². The highest BCUT2D eigenvalue weighted by Crippen LogP contribution is 2.31. The Balaban J connectivity index is 1.38. The monoisotopic (exact) mass is 394 g/mol. The van der Waals surface area contributed by atoms with Gasteiger partial charge in [0.25, 0.3) is 0 Å². The van der Waals surface area contributed by atoms with Crippen LogP contribution in [0.25, 0.3) is 0 Å². The molecule has 1 aliphatic carbocycles. The molecule has 0 bridgehead atoms. The average molecular weight is 395 g/mol. The van der Waals surface area contributed by atoms with Crippen molar-refractivity contribution in [2.24, 2.45) is 0 Å². The summed E-state index contributed by atoms with van der Waals surface area (Å²) in [5.74, 6) is 0.191. The zero-order valence-corrected chi connectivity index (χ0v) is 17.1. The summed E-state index contributed by atoms with van der Waals surface area (Å²) in [5.41, 5.74) is 3.17. The molecular weight excluding hydrogens is 364 g/mol. The van der Waals surface area contributed by atoms with Gasteiger partial charge in [0.15, 0.2) is 0 Å². The molecule has 29 heavy (non-hydrogen) atoms. The van der Waals surface area contributed by atoms with Crippen LogP contribution in [0.5, 0.6) is 0 Å². The van der Waals surface area contributed by atoms with E-state index in [1.807, 2.05) is 35.0 Å². The molecule has 2 heterocycles. The lowest BCUT2D eigenvalue weighted by Gasteiger charge is -2.33. The van der Waals surface area contributed by atoms with Crippen molar-refractivity contribution in [3.05, 3.63) is 53.6 Å². The van der Waals surface area contributed by atoms with Crippen LogP contribution in [0, 0.1) is 0 Å². The third kappa shape index (κ3) is 4.36. The minimum absolute atomic E-state index is 0.0385. The van der Waals surface area contributed by atoms with E-state index in [4.69, 9.17) is 0 Å². The second-order valence-corrected chi connectivity index (χ2v) is 8.30. The number of carbonyl (C=O) groups excluding carboxylic acids is 2. The van der Waals surface area contributed by atoms with Gasteiger partial charge in [-0.3, -0.25) is 9.59 Å². The fourth-order valence-corrected chi connectivity index (χ4v) is 4.68. The smallest absolute Gasteiger partial charge is 0.223 e. The van der Waals surface area contributed by atoms with Gasteiger partial charge >= 0.3 is 0 Å². The number of H-pyrrole nitrogens is 1. The Hall–Kier alpha value is -2.63. The molecule has 1 fully saturated rings. The number of nitrogens with zero attached hydrogens (tertiary/aromatic N) is 3. The largest absolute Gasteiger partial charge is 0.347 e. The summed E-state index contributed by atoms with van der Waals surface area (Å²) >= 11 is 0. The topological polar surface area (TPSA) is 69.3 Å². The number of imidazole rings is 1. The Morgan fingerprint density at radius 3 is 2.66 bits per heavy atom. The van der Waals surface area contributed by atoms with Gasteiger partial charge in [-0.25, -0.2) is 4.98 Å². The van der Waals surface area contributed by atoms with Gasteiger partial charge in [-0.05, 0) is 18.4 Å². The SMILES string of the molecule is CN(C(=O)CCC(=O)N1Cc2[nH]cnc2C(c2ccccc2)C1)C1CCCCC1. The average Bonchev–Trinajstić information content (AvgIpc) is 3.26. The van der Waals surface area contributed by atoms with Gasteiger partial charge in [0.05, 0.1) is 24.3 Å². The molecule has 0 saturated heterocycles. The van der Waals surface area contributed by atoms with Crippen molar-refractivity contribution >= 4 is 11.8 Å². The van der Waals surface area contributed by atoms with E-state index in [0.717, 1.165) is 29.8 Å². The van der Waals surface area contributed by atoms with Crippen LogP contribution in [0.2, 0.25) is 0 Å². The van der Waals surface area contributed by atoms with Gasteiger partial charge in [-0.2, -0.15) is 0 Å². The maximum absolute atomic E-state index is 12.9. The Bertz CT molecular complexity index is 842. The van der Waals surface area contributed by atoms with Gasteiger partial charge < -0.3 is 14.8 Å². The molecule has 0 spiro atoms. The lowest BCUT2D eigenvalue weighted by molar-refractivity contribution is -0.138. The zero-order valence-electron chi connectivity index (χ0n) is 17.1. The maximum Gasteiger partial charge on any atom is 0.223 e. The summed E-state index contributed by atoms with van der Waals surface area (Å²) in [6.07, 6.45) is 8.09. The van der Waals surface area contributed by atoms with Gasteiger partial charge in [-0.15, -0.1) is 0 Å². The number of benzene rings is 1.